The zero-order chi connectivity index (χ0) is 9.80. The molecule has 78 valence electrons. The zero-order valence-corrected chi connectivity index (χ0v) is 8.95. The van der Waals surface area contributed by atoms with Crippen molar-refractivity contribution in [3.05, 3.63) is 18.2 Å². The third kappa shape index (κ3) is 2.35. The summed E-state index contributed by atoms with van der Waals surface area (Å²) >= 11 is 0. The summed E-state index contributed by atoms with van der Waals surface area (Å²) in [5.74, 6) is 0. The quantitative estimate of drug-likeness (QED) is 0.714. The largest absolute Gasteiger partial charge is 0.337 e. The van der Waals surface area contributed by atoms with E-state index in [1.807, 2.05) is 12.5 Å². The summed E-state index contributed by atoms with van der Waals surface area (Å²) in [6, 6.07) is 0. The lowest BCUT2D eigenvalue weighted by Gasteiger charge is -2.19. The zero-order valence-electron chi connectivity index (χ0n) is 8.95. The van der Waals surface area contributed by atoms with E-state index in [1.54, 1.807) is 0 Å². The van der Waals surface area contributed by atoms with E-state index in [4.69, 9.17) is 0 Å². The van der Waals surface area contributed by atoms with Gasteiger partial charge in [-0.2, -0.15) is 0 Å². The highest BCUT2D eigenvalue weighted by atomic mass is 15.1. The molecule has 0 amide bonds. The van der Waals surface area contributed by atoms with Crippen LogP contribution in [0.2, 0.25) is 0 Å². The molecule has 0 atom stereocenters. The Kier molecular flexibility index (Phi) is 3.19. The molecule has 0 aliphatic carbocycles. The minimum atomic E-state index is 1.07. The first kappa shape index (κ1) is 9.71. The SMILES string of the molecule is Cn1cncc1CN1CCCCCC1. The Balaban J connectivity index is 1.92. The van der Waals surface area contributed by atoms with Crippen LogP contribution >= 0.6 is 0 Å². The average molecular weight is 193 g/mol. The van der Waals surface area contributed by atoms with E-state index in [0.29, 0.717) is 0 Å². The van der Waals surface area contributed by atoms with Gasteiger partial charge in [0.1, 0.15) is 0 Å². The molecule has 0 N–H and O–H groups in total. The molecule has 1 fully saturated rings. The van der Waals surface area contributed by atoms with Crippen molar-refractivity contribution in [3.8, 4) is 0 Å². The third-order valence-electron chi connectivity index (χ3n) is 3.00. The van der Waals surface area contributed by atoms with E-state index in [9.17, 15) is 0 Å². The molecular formula is C11H19N3. The number of likely N-dealkylation sites (tertiary alicyclic amines) is 1. The highest BCUT2D eigenvalue weighted by Crippen LogP contribution is 2.12. The van der Waals surface area contributed by atoms with E-state index in [1.165, 1.54) is 44.5 Å². The lowest BCUT2D eigenvalue weighted by atomic mass is 10.2. The van der Waals surface area contributed by atoms with Crippen LogP contribution in [0.4, 0.5) is 0 Å². The summed E-state index contributed by atoms with van der Waals surface area (Å²) in [7, 11) is 2.07. The van der Waals surface area contributed by atoms with Gasteiger partial charge in [0.15, 0.2) is 0 Å². The summed E-state index contributed by atoms with van der Waals surface area (Å²) in [6.07, 6.45) is 9.39. The van der Waals surface area contributed by atoms with Crippen LogP contribution in [0.25, 0.3) is 0 Å². The van der Waals surface area contributed by atoms with Gasteiger partial charge in [0.05, 0.1) is 12.0 Å². The van der Waals surface area contributed by atoms with E-state index in [2.05, 4.69) is 21.5 Å². The molecule has 0 spiro atoms. The maximum absolute atomic E-state index is 4.15. The molecule has 3 heteroatoms. The number of aryl methyl sites for hydroxylation is 1. The molecule has 1 saturated heterocycles. The number of rotatable bonds is 2. The van der Waals surface area contributed by atoms with E-state index in [-0.39, 0.29) is 0 Å². The van der Waals surface area contributed by atoms with Crippen molar-refractivity contribution in [1.82, 2.24) is 14.5 Å². The fraction of sp³-hybridized carbons (Fsp3) is 0.727. The van der Waals surface area contributed by atoms with Crippen molar-refractivity contribution in [2.75, 3.05) is 13.1 Å². The number of imidazole rings is 1. The van der Waals surface area contributed by atoms with E-state index in [0.717, 1.165) is 6.54 Å². The highest BCUT2D eigenvalue weighted by molar-refractivity contribution is 4.97. The first-order valence-electron chi connectivity index (χ1n) is 5.54. The molecule has 0 unspecified atom stereocenters. The van der Waals surface area contributed by atoms with Gasteiger partial charge in [-0.05, 0) is 25.9 Å². The van der Waals surface area contributed by atoms with Crippen LogP contribution < -0.4 is 0 Å². The van der Waals surface area contributed by atoms with Crippen molar-refractivity contribution in [3.63, 3.8) is 0 Å². The highest BCUT2D eigenvalue weighted by Gasteiger charge is 2.10. The fourth-order valence-corrected chi connectivity index (χ4v) is 2.06. The second-order valence-electron chi connectivity index (χ2n) is 4.19. The van der Waals surface area contributed by atoms with Crippen LogP contribution in [0.15, 0.2) is 12.5 Å². The molecule has 1 aliphatic heterocycles. The Morgan fingerprint density at radius 2 is 1.93 bits per heavy atom. The second kappa shape index (κ2) is 4.60. The van der Waals surface area contributed by atoms with Crippen LogP contribution in [-0.2, 0) is 13.6 Å². The molecule has 0 aromatic carbocycles. The van der Waals surface area contributed by atoms with Crippen LogP contribution in [0, 0.1) is 0 Å². The van der Waals surface area contributed by atoms with Gasteiger partial charge in [-0.25, -0.2) is 4.98 Å². The van der Waals surface area contributed by atoms with Gasteiger partial charge < -0.3 is 4.57 Å². The monoisotopic (exact) mass is 193 g/mol. The van der Waals surface area contributed by atoms with Crippen LogP contribution in [0.1, 0.15) is 31.4 Å². The Hall–Kier alpha value is -0.830. The summed E-state index contributed by atoms with van der Waals surface area (Å²) in [5, 5.41) is 0. The van der Waals surface area contributed by atoms with Crippen molar-refractivity contribution >= 4 is 0 Å². The summed E-state index contributed by atoms with van der Waals surface area (Å²) < 4.78 is 2.12. The maximum atomic E-state index is 4.15. The predicted molar refractivity (Wildman–Crippen MR) is 57.0 cm³/mol. The summed E-state index contributed by atoms with van der Waals surface area (Å²) in [6.45, 7) is 3.58. The normalized spacial score (nSPS) is 19.5. The molecule has 3 nitrogen and oxygen atoms in total. The number of hydrogen-bond donors (Lipinski definition) is 0. The number of aromatic nitrogens is 2. The molecule has 14 heavy (non-hydrogen) atoms. The van der Waals surface area contributed by atoms with Crippen molar-refractivity contribution < 1.29 is 0 Å². The Morgan fingerprint density at radius 1 is 1.21 bits per heavy atom. The first-order chi connectivity index (χ1) is 6.86. The fourth-order valence-electron chi connectivity index (χ4n) is 2.06. The van der Waals surface area contributed by atoms with Gasteiger partial charge >= 0.3 is 0 Å². The molecule has 2 heterocycles. The van der Waals surface area contributed by atoms with Gasteiger partial charge in [-0.15, -0.1) is 0 Å². The van der Waals surface area contributed by atoms with Crippen molar-refractivity contribution in [1.29, 1.82) is 0 Å². The van der Waals surface area contributed by atoms with Gasteiger partial charge in [0.25, 0.3) is 0 Å². The van der Waals surface area contributed by atoms with Gasteiger partial charge in [0.2, 0.25) is 0 Å². The number of nitrogens with zero attached hydrogens (tertiary/aromatic N) is 3. The van der Waals surface area contributed by atoms with Gasteiger partial charge in [0, 0.05) is 19.8 Å². The van der Waals surface area contributed by atoms with Gasteiger partial charge in [-0.1, -0.05) is 12.8 Å². The average Bonchev–Trinajstić information content (AvgIpc) is 2.44. The van der Waals surface area contributed by atoms with Crippen LogP contribution in [0.5, 0.6) is 0 Å². The van der Waals surface area contributed by atoms with E-state index < -0.39 is 0 Å². The minimum absolute atomic E-state index is 1.07. The molecule has 1 aliphatic rings. The molecule has 1 aromatic rings. The van der Waals surface area contributed by atoms with Gasteiger partial charge in [-0.3, -0.25) is 4.90 Å². The topological polar surface area (TPSA) is 21.1 Å². The smallest absolute Gasteiger partial charge is 0.0945 e. The Labute approximate surface area is 85.7 Å². The summed E-state index contributed by atoms with van der Waals surface area (Å²) in [4.78, 5) is 6.69. The molecule has 2 rings (SSSR count). The minimum Gasteiger partial charge on any atom is -0.337 e. The lowest BCUT2D eigenvalue weighted by Crippen LogP contribution is -2.24. The Bertz CT molecular complexity index is 272. The lowest BCUT2D eigenvalue weighted by molar-refractivity contribution is 0.271. The molecule has 0 saturated carbocycles. The third-order valence-corrected chi connectivity index (χ3v) is 3.00. The second-order valence-corrected chi connectivity index (χ2v) is 4.19. The first-order valence-corrected chi connectivity index (χ1v) is 5.54. The predicted octanol–water partition coefficient (Wildman–Crippen LogP) is 1.80. The van der Waals surface area contributed by atoms with Crippen molar-refractivity contribution in [2.24, 2.45) is 7.05 Å². The maximum Gasteiger partial charge on any atom is 0.0945 e. The van der Waals surface area contributed by atoms with E-state index >= 15 is 0 Å². The van der Waals surface area contributed by atoms with Crippen LogP contribution in [-0.4, -0.2) is 27.5 Å². The summed E-state index contributed by atoms with van der Waals surface area (Å²) in [5.41, 5.74) is 1.33. The molecule has 1 aromatic heterocycles. The standard InChI is InChI=1S/C11H19N3/c1-13-10-12-8-11(13)9-14-6-4-2-3-5-7-14/h8,10H,2-7,9H2,1H3. The van der Waals surface area contributed by atoms with Crippen molar-refractivity contribution in [2.45, 2.75) is 32.2 Å². The molecule has 0 radical (unpaired) electrons. The molecular weight excluding hydrogens is 174 g/mol. The Morgan fingerprint density at radius 3 is 2.50 bits per heavy atom. The number of hydrogen-bond acceptors (Lipinski definition) is 2. The van der Waals surface area contributed by atoms with Crippen LogP contribution in [0.3, 0.4) is 0 Å². The molecule has 0 bridgehead atoms.